The maximum atomic E-state index is 10.4. The summed E-state index contributed by atoms with van der Waals surface area (Å²) in [5, 5.41) is 12.8. The van der Waals surface area contributed by atoms with Crippen molar-refractivity contribution in [3.05, 3.63) is 34.6 Å². The van der Waals surface area contributed by atoms with Crippen LogP contribution in [0.25, 0.3) is 5.52 Å². The fourth-order valence-corrected chi connectivity index (χ4v) is 1.84. The summed E-state index contributed by atoms with van der Waals surface area (Å²) >= 11 is 3.41. The first-order valence-electron chi connectivity index (χ1n) is 4.51. The molecule has 0 spiro atoms. The van der Waals surface area contributed by atoms with E-state index >= 15 is 0 Å². The second-order valence-corrected chi connectivity index (χ2v) is 4.07. The molecule has 0 saturated heterocycles. The largest absolute Gasteiger partial charge is 0.481 e. The highest BCUT2D eigenvalue weighted by molar-refractivity contribution is 9.10. The first kappa shape index (κ1) is 10.2. The molecule has 1 N–H and O–H groups in total. The van der Waals surface area contributed by atoms with Crippen LogP contribution in [0.15, 0.2) is 28.9 Å². The smallest absolute Gasteiger partial charge is 0.303 e. The topological polar surface area (TPSA) is 54.6 Å². The second kappa shape index (κ2) is 4.02. The average molecular weight is 269 g/mol. The van der Waals surface area contributed by atoms with E-state index in [0.29, 0.717) is 6.42 Å². The van der Waals surface area contributed by atoms with Crippen molar-refractivity contribution in [3.8, 4) is 0 Å². The van der Waals surface area contributed by atoms with E-state index in [2.05, 4.69) is 21.0 Å². The molecule has 2 aromatic heterocycles. The summed E-state index contributed by atoms with van der Waals surface area (Å²) < 4.78 is 2.69. The van der Waals surface area contributed by atoms with Gasteiger partial charge in [0, 0.05) is 17.1 Å². The van der Waals surface area contributed by atoms with Crippen molar-refractivity contribution in [2.24, 2.45) is 0 Å². The van der Waals surface area contributed by atoms with E-state index in [4.69, 9.17) is 5.11 Å². The molecule has 0 fully saturated rings. The predicted octanol–water partition coefficient (Wildman–Crippen LogP) is 2.11. The molecule has 0 bridgehead atoms. The summed E-state index contributed by atoms with van der Waals surface area (Å²) in [5.74, 6) is -0.800. The number of aromatic nitrogens is 2. The standard InChI is InChI=1S/C10H9BrN2O2/c11-8-2-1-5-13-9(8)6-7(12-13)3-4-10(14)15/h1-2,5-6H,3-4H2,(H,14,15). The number of carboxylic acid groups (broad SMARTS) is 1. The lowest BCUT2D eigenvalue weighted by molar-refractivity contribution is -0.136. The monoisotopic (exact) mass is 268 g/mol. The van der Waals surface area contributed by atoms with Crippen LogP contribution in [0.2, 0.25) is 0 Å². The number of aliphatic carboxylic acids is 1. The predicted molar refractivity (Wildman–Crippen MR) is 58.8 cm³/mol. The Balaban J connectivity index is 2.31. The number of rotatable bonds is 3. The van der Waals surface area contributed by atoms with Gasteiger partial charge in [-0.15, -0.1) is 0 Å². The van der Waals surface area contributed by atoms with Crippen LogP contribution in [0.4, 0.5) is 0 Å². The third kappa shape index (κ3) is 2.18. The second-order valence-electron chi connectivity index (χ2n) is 3.22. The van der Waals surface area contributed by atoms with Gasteiger partial charge in [-0.25, -0.2) is 4.52 Å². The van der Waals surface area contributed by atoms with Gasteiger partial charge in [-0.2, -0.15) is 5.10 Å². The van der Waals surface area contributed by atoms with Gasteiger partial charge >= 0.3 is 5.97 Å². The number of hydrogen-bond donors (Lipinski definition) is 1. The molecule has 78 valence electrons. The fraction of sp³-hybridized carbons (Fsp3) is 0.200. The fourth-order valence-electron chi connectivity index (χ4n) is 1.39. The van der Waals surface area contributed by atoms with Gasteiger partial charge < -0.3 is 5.11 Å². The van der Waals surface area contributed by atoms with E-state index in [1.165, 1.54) is 0 Å². The third-order valence-electron chi connectivity index (χ3n) is 2.10. The summed E-state index contributed by atoms with van der Waals surface area (Å²) in [6.45, 7) is 0. The van der Waals surface area contributed by atoms with Crippen molar-refractivity contribution in [1.82, 2.24) is 9.61 Å². The number of pyridine rings is 1. The van der Waals surface area contributed by atoms with Gasteiger partial charge in [0.15, 0.2) is 0 Å². The SMILES string of the molecule is O=C(O)CCc1cc2c(Br)cccn2n1. The van der Waals surface area contributed by atoms with Gasteiger partial charge in [0.25, 0.3) is 0 Å². The van der Waals surface area contributed by atoms with E-state index in [0.717, 1.165) is 15.7 Å². The third-order valence-corrected chi connectivity index (χ3v) is 2.77. The minimum Gasteiger partial charge on any atom is -0.481 e. The van der Waals surface area contributed by atoms with Gasteiger partial charge in [-0.05, 0) is 34.1 Å². The maximum absolute atomic E-state index is 10.4. The molecule has 0 aliphatic heterocycles. The molecule has 0 atom stereocenters. The molecule has 0 aliphatic carbocycles. The van der Waals surface area contributed by atoms with Crippen LogP contribution < -0.4 is 0 Å². The average Bonchev–Trinajstić information content (AvgIpc) is 2.59. The van der Waals surface area contributed by atoms with Crippen molar-refractivity contribution >= 4 is 27.4 Å². The number of carbonyl (C=O) groups is 1. The van der Waals surface area contributed by atoms with E-state index in [1.54, 1.807) is 4.52 Å². The summed E-state index contributed by atoms with van der Waals surface area (Å²) in [6, 6.07) is 5.70. The number of carboxylic acids is 1. The highest BCUT2D eigenvalue weighted by Crippen LogP contribution is 2.18. The van der Waals surface area contributed by atoms with Crippen molar-refractivity contribution < 1.29 is 9.90 Å². The highest BCUT2D eigenvalue weighted by Gasteiger charge is 2.05. The molecule has 0 aromatic carbocycles. The molecule has 0 amide bonds. The summed E-state index contributed by atoms with van der Waals surface area (Å²) in [4.78, 5) is 10.4. The zero-order valence-electron chi connectivity index (χ0n) is 7.85. The molecule has 2 aromatic rings. The van der Waals surface area contributed by atoms with Gasteiger partial charge in [-0.1, -0.05) is 0 Å². The summed E-state index contributed by atoms with van der Waals surface area (Å²) in [5.41, 5.74) is 1.75. The Morgan fingerprint density at radius 1 is 1.60 bits per heavy atom. The molecule has 2 rings (SSSR count). The van der Waals surface area contributed by atoms with Crippen molar-refractivity contribution in [2.45, 2.75) is 12.8 Å². The first-order valence-corrected chi connectivity index (χ1v) is 5.30. The zero-order chi connectivity index (χ0) is 10.8. The lowest BCUT2D eigenvalue weighted by Gasteiger charge is -1.92. The molecular formula is C10H9BrN2O2. The van der Waals surface area contributed by atoms with Crippen LogP contribution in [0, 0.1) is 0 Å². The number of aryl methyl sites for hydroxylation is 1. The number of nitrogens with zero attached hydrogens (tertiary/aromatic N) is 2. The molecule has 0 radical (unpaired) electrons. The Bertz CT molecular complexity index is 507. The maximum Gasteiger partial charge on any atom is 0.303 e. The Labute approximate surface area is 94.7 Å². The van der Waals surface area contributed by atoms with Crippen LogP contribution in [-0.4, -0.2) is 20.7 Å². The van der Waals surface area contributed by atoms with Gasteiger partial charge in [0.05, 0.1) is 17.6 Å². The Kier molecular flexibility index (Phi) is 2.73. The molecule has 5 heteroatoms. The number of hydrogen-bond acceptors (Lipinski definition) is 2. The molecule has 15 heavy (non-hydrogen) atoms. The van der Waals surface area contributed by atoms with Crippen molar-refractivity contribution in [1.29, 1.82) is 0 Å². The molecule has 0 aliphatic rings. The normalized spacial score (nSPS) is 10.7. The lowest BCUT2D eigenvalue weighted by atomic mass is 10.2. The lowest BCUT2D eigenvalue weighted by Crippen LogP contribution is -1.98. The molecule has 2 heterocycles. The van der Waals surface area contributed by atoms with Crippen molar-refractivity contribution in [3.63, 3.8) is 0 Å². The molecule has 0 saturated carbocycles. The van der Waals surface area contributed by atoms with Crippen molar-refractivity contribution in [2.75, 3.05) is 0 Å². The minimum absolute atomic E-state index is 0.113. The van der Waals surface area contributed by atoms with Crippen LogP contribution in [0.3, 0.4) is 0 Å². The Morgan fingerprint density at radius 2 is 2.40 bits per heavy atom. The van der Waals surface area contributed by atoms with Crippen LogP contribution in [-0.2, 0) is 11.2 Å². The van der Waals surface area contributed by atoms with Gasteiger partial charge in [0.1, 0.15) is 0 Å². The number of fused-ring (bicyclic) bond motifs is 1. The molecular weight excluding hydrogens is 260 g/mol. The highest BCUT2D eigenvalue weighted by atomic mass is 79.9. The number of halogens is 1. The van der Waals surface area contributed by atoms with Crippen LogP contribution in [0.5, 0.6) is 0 Å². The van der Waals surface area contributed by atoms with E-state index in [1.807, 2.05) is 24.4 Å². The van der Waals surface area contributed by atoms with E-state index in [-0.39, 0.29) is 6.42 Å². The van der Waals surface area contributed by atoms with Crippen LogP contribution in [0.1, 0.15) is 12.1 Å². The summed E-state index contributed by atoms with van der Waals surface area (Å²) in [6.07, 6.45) is 2.41. The Hall–Kier alpha value is -1.36. The minimum atomic E-state index is -0.800. The quantitative estimate of drug-likeness (QED) is 0.928. The zero-order valence-corrected chi connectivity index (χ0v) is 9.44. The molecule has 0 unspecified atom stereocenters. The van der Waals surface area contributed by atoms with E-state index < -0.39 is 5.97 Å². The Morgan fingerprint density at radius 3 is 3.07 bits per heavy atom. The van der Waals surface area contributed by atoms with Gasteiger partial charge in [-0.3, -0.25) is 4.79 Å². The molecule has 4 nitrogen and oxygen atoms in total. The summed E-state index contributed by atoms with van der Waals surface area (Å²) in [7, 11) is 0. The van der Waals surface area contributed by atoms with Crippen LogP contribution >= 0.6 is 15.9 Å². The van der Waals surface area contributed by atoms with E-state index in [9.17, 15) is 4.79 Å². The van der Waals surface area contributed by atoms with Gasteiger partial charge in [0.2, 0.25) is 0 Å². The first-order chi connectivity index (χ1) is 7.16.